The zero-order chi connectivity index (χ0) is 16.7. The minimum atomic E-state index is -0.358. The van der Waals surface area contributed by atoms with Gasteiger partial charge in [-0.2, -0.15) is 0 Å². The number of carbonyl (C=O) groups excluding carboxylic acids is 3. The highest BCUT2D eigenvalue weighted by Gasteiger charge is 2.39. The van der Waals surface area contributed by atoms with Gasteiger partial charge in [-0.25, -0.2) is 5.01 Å². The molecular weight excluding hydrogens is 306 g/mol. The maximum absolute atomic E-state index is 12.5. The SMILES string of the molecule is O=C1c2ccccc2C(=O)N1CN1C(=O)CCN1c1ccccc1. The van der Waals surface area contributed by atoms with Crippen LogP contribution in [0.3, 0.4) is 0 Å². The van der Waals surface area contributed by atoms with E-state index in [0.717, 1.165) is 10.6 Å². The molecule has 2 aliphatic heterocycles. The first kappa shape index (κ1) is 14.4. The number of anilines is 1. The van der Waals surface area contributed by atoms with E-state index in [9.17, 15) is 14.4 Å². The lowest BCUT2D eigenvalue weighted by Gasteiger charge is -2.32. The van der Waals surface area contributed by atoms with Crippen molar-refractivity contribution in [2.75, 3.05) is 18.2 Å². The molecule has 1 saturated heterocycles. The number of imide groups is 1. The Kier molecular flexibility index (Phi) is 3.30. The Hall–Kier alpha value is -3.15. The van der Waals surface area contributed by atoms with E-state index in [-0.39, 0.29) is 24.4 Å². The molecule has 6 heteroatoms. The van der Waals surface area contributed by atoms with Crippen LogP contribution in [0.25, 0.3) is 0 Å². The molecule has 1 fully saturated rings. The molecule has 0 unspecified atom stereocenters. The molecule has 2 aliphatic rings. The summed E-state index contributed by atoms with van der Waals surface area (Å²) in [7, 11) is 0. The maximum atomic E-state index is 12.5. The lowest BCUT2D eigenvalue weighted by atomic mass is 10.1. The number of benzene rings is 2. The standard InChI is InChI=1S/C18H15N3O3/c22-16-10-11-20(13-6-2-1-3-7-13)21(16)12-19-17(23)14-8-4-5-9-15(14)18(19)24/h1-9H,10-12H2. The molecule has 2 aromatic carbocycles. The van der Waals surface area contributed by atoms with Gasteiger partial charge < -0.3 is 0 Å². The van der Waals surface area contributed by atoms with Gasteiger partial charge in [-0.05, 0) is 24.3 Å². The van der Waals surface area contributed by atoms with Crippen LogP contribution in [0, 0.1) is 0 Å². The third kappa shape index (κ3) is 2.15. The van der Waals surface area contributed by atoms with Crippen LogP contribution in [0.2, 0.25) is 0 Å². The van der Waals surface area contributed by atoms with Crippen LogP contribution < -0.4 is 5.01 Å². The van der Waals surface area contributed by atoms with Crippen molar-refractivity contribution in [1.29, 1.82) is 0 Å². The van der Waals surface area contributed by atoms with Gasteiger partial charge in [0.05, 0.1) is 16.8 Å². The first-order valence-electron chi connectivity index (χ1n) is 7.75. The van der Waals surface area contributed by atoms with Gasteiger partial charge in [0.2, 0.25) is 5.91 Å². The van der Waals surface area contributed by atoms with Crippen LogP contribution in [0.5, 0.6) is 0 Å². The Morgan fingerprint density at radius 3 is 2.00 bits per heavy atom. The number of fused-ring (bicyclic) bond motifs is 1. The van der Waals surface area contributed by atoms with Gasteiger partial charge in [0, 0.05) is 13.0 Å². The molecule has 0 N–H and O–H groups in total. The fourth-order valence-electron chi connectivity index (χ4n) is 3.11. The molecule has 120 valence electrons. The van der Waals surface area contributed by atoms with Crippen molar-refractivity contribution in [2.45, 2.75) is 6.42 Å². The van der Waals surface area contributed by atoms with Gasteiger partial charge in [0.15, 0.2) is 0 Å². The number of amides is 3. The van der Waals surface area contributed by atoms with Crippen LogP contribution in [0.1, 0.15) is 27.1 Å². The monoisotopic (exact) mass is 321 g/mol. The van der Waals surface area contributed by atoms with Crippen molar-refractivity contribution in [3.05, 3.63) is 65.7 Å². The molecule has 0 bridgehead atoms. The zero-order valence-electron chi connectivity index (χ0n) is 12.9. The molecule has 2 aromatic rings. The number of para-hydroxylation sites is 1. The van der Waals surface area contributed by atoms with E-state index < -0.39 is 0 Å². The summed E-state index contributed by atoms with van der Waals surface area (Å²) in [6, 6.07) is 16.2. The highest BCUT2D eigenvalue weighted by molar-refractivity contribution is 6.21. The summed E-state index contributed by atoms with van der Waals surface area (Å²) in [6.07, 6.45) is 0.359. The van der Waals surface area contributed by atoms with Gasteiger partial charge in [0.1, 0.15) is 6.67 Å². The van der Waals surface area contributed by atoms with Crippen LogP contribution in [-0.2, 0) is 4.79 Å². The first-order chi connectivity index (χ1) is 11.7. The van der Waals surface area contributed by atoms with E-state index in [1.165, 1.54) is 5.01 Å². The Bertz CT molecular complexity index is 799. The van der Waals surface area contributed by atoms with E-state index in [2.05, 4.69) is 0 Å². The second-order valence-corrected chi connectivity index (χ2v) is 5.73. The molecule has 2 heterocycles. The smallest absolute Gasteiger partial charge is 0.263 e. The second-order valence-electron chi connectivity index (χ2n) is 5.73. The van der Waals surface area contributed by atoms with Crippen LogP contribution in [0.15, 0.2) is 54.6 Å². The molecule has 6 nitrogen and oxygen atoms in total. The largest absolute Gasteiger partial charge is 0.281 e. The quantitative estimate of drug-likeness (QED) is 0.810. The van der Waals surface area contributed by atoms with E-state index >= 15 is 0 Å². The summed E-state index contributed by atoms with van der Waals surface area (Å²) in [6.45, 7) is 0.464. The van der Waals surface area contributed by atoms with Gasteiger partial charge in [-0.15, -0.1) is 0 Å². The Balaban J connectivity index is 1.62. The predicted molar refractivity (Wildman–Crippen MR) is 87.1 cm³/mol. The molecular formula is C18H15N3O3. The average molecular weight is 321 g/mol. The molecule has 4 rings (SSSR count). The van der Waals surface area contributed by atoms with E-state index in [1.807, 2.05) is 35.3 Å². The maximum Gasteiger partial charge on any atom is 0.263 e. The number of hydrazine groups is 1. The topological polar surface area (TPSA) is 60.9 Å². The minimum absolute atomic E-state index is 0.0694. The Morgan fingerprint density at radius 1 is 0.792 bits per heavy atom. The number of rotatable bonds is 3. The van der Waals surface area contributed by atoms with Gasteiger partial charge in [-0.3, -0.25) is 24.3 Å². The summed E-state index contributed by atoms with van der Waals surface area (Å²) < 4.78 is 0. The van der Waals surface area contributed by atoms with E-state index in [1.54, 1.807) is 24.3 Å². The van der Waals surface area contributed by atoms with Crippen molar-refractivity contribution in [3.8, 4) is 0 Å². The second kappa shape index (κ2) is 5.49. The Labute approximate surface area is 138 Å². The normalized spacial score (nSPS) is 17.0. The molecule has 0 aromatic heterocycles. The van der Waals surface area contributed by atoms with Gasteiger partial charge >= 0.3 is 0 Å². The van der Waals surface area contributed by atoms with Crippen molar-refractivity contribution < 1.29 is 14.4 Å². The van der Waals surface area contributed by atoms with Crippen molar-refractivity contribution in [2.24, 2.45) is 0 Å². The van der Waals surface area contributed by atoms with E-state index in [4.69, 9.17) is 0 Å². The van der Waals surface area contributed by atoms with Crippen molar-refractivity contribution >= 4 is 23.4 Å². The highest BCUT2D eigenvalue weighted by Crippen LogP contribution is 2.26. The zero-order valence-corrected chi connectivity index (χ0v) is 12.9. The fourth-order valence-corrected chi connectivity index (χ4v) is 3.11. The molecule has 0 aliphatic carbocycles. The minimum Gasteiger partial charge on any atom is -0.281 e. The number of nitrogens with zero attached hydrogens (tertiary/aromatic N) is 3. The van der Waals surface area contributed by atoms with Crippen LogP contribution >= 0.6 is 0 Å². The number of hydrogen-bond acceptors (Lipinski definition) is 4. The predicted octanol–water partition coefficient (Wildman–Crippen LogP) is 1.89. The molecule has 24 heavy (non-hydrogen) atoms. The average Bonchev–Trinajstić information content (AvgIpc) is 3.10. The molecule has 0 atom stereocenters. The summed E-state index contributed by atoms with van der Waals surface area (Å²) in [4.78, 5) is 38.4. The summed E-state index contributed by atoms with van der Waals surface area (Å²) in [5.74, 6) is -0.818. The molecule has 0 spiro atoms. The van der Waals surface area contributed by atoms with E-state index in [0.29, 0.717) is 24.1 Å². The molecule has 0 saturated carbocycles. The fraction of sp³-hybridized carbons (Fsp3) is 0.167. The Morgan fingerprint density at radius 2 is 1.38 bits per heavy atom. The van der Waals surface area contributed by atoms with Gasteiger partial charge in [0.25, 0.3) is 11.8 Å². The molecule has 3 amide bonds. The summed E-state index contributed by atoms with van der Waals surface area (Å²) in [5.41, 5.74) is 1.64. The third-order valence-electron chi connectivity index (χ3n) is 4.32. The van der Waals surface area contributed by atoms with Crippen molar-refractivity contribution in [1.82, 2.24) is 9.91 Å². The lowest BCUT2D eigenvalue weighted by molar-refractivity contribution is -0.129. The molecule has 0 radical (unpaired) electrons. The highest BCUT2D eigenvalue weighted by atomic mass is 16.2. The number of carbonyl (C=O) groups is 3. The van der Waals surface area contributed by atoms with Gasteiger partial charge in [-0.1, -0.05) is 30.3 Å². The van der Waals surface area contributed by atoms with Crippen LogP contribution in [-0.4, -0.2) is 40.8 Å². The lowest BCUT2D eigenvalue weighted by Crippen LogP contribution is -2.48. The first-order valence-corrected chi connectivity index (χ1v) is 7.75. The third-order valence-corrected chi connectivity index (χ3v) is 4.32. The summed E-state index contributed by atoms with van der Waals surface area (Å²) >= 11 is 0. The number of hydrogen-bond donors (Lipinski definition) is 0. The summed E-state index contributed by atoms with van der Waals surface area (Å²) in [5, 5.41) is 3.28. The van der Waals surface area contributed by atoms with Crippen molar-refractivity contribution in [3.63, 3.8) is 0 Å². The van der Waals surface area contributed by atoms with Crippen LogP contribution in [0.4, 0.5) is 5.69 Å².